The van der Waals surface area contributed by atoms with Crippen LogP contribution in [0.2, 0.25) is 0 Å². The SMILES string of the molecule is Cc1cc(C(=O)NCC[N+](C)(C)C)ccc1-c1ccc(C[C@H](NC(=O)[C@H]2CC[C@H](CNC(=O)OC(C)(C)C)CC2)C(=O)Nc2ccc(-c3nn[nH]n3)cc2)cc1. The summed E-state index contributed by atoms with van der Waals surface area (Å²) in [6.07, 6.45) is 2.70. The van der Waals surface area contributed by atoms with E-state index in [1.807, 2.05) is 70.2 Å². The Hall–Kier alpha value is -5.63. The number of hydrogen-bond acceptors (Lipinski definition) is 8. The number of benzene rings is 3. The van der Waals surface area contributed by atoms with Crippen molar-refractivity contribution in [3.05, 3.63) is 83.4 Å². The van der Waals surface area contributed by atoms with Crippen LogP contribution in [0.4, 0.5) is 10.5 Å². The molecule has 0 radical (unpaired) electrons. The van der Waals surface area contributed by atoms with E-state index in [0.717, 1.165) is 51.7 Å². The number of aryl methyl sites for hydroxylation is 1. The highest BCUT2D eigenvalue weighted by molar-refractivity contribution is 5.98. The highest BCUT2D eigenvalue weighted by Crippen LogP contribution is 2.29. The molecule has 3 aromatic carbocycles. The lowest BCUT2D eigenvalue weighted by Crippen LogP contribution is -2.48. The number of anilines is 1. The molecule has 0 bridgehead atoms. The molecule has 1 atom stereocenters. The predicted molar refractivity (Wildman–Crippen MR) is 215 cm³/mol. The number of carbonyl (C=O) groups is 4. The van der Waals surface area contributed by atoms with Crippen molar-refractivity contribution < 1.29 is 28.4 Å². The monoisotopic (exact) mass is 766 g/mol. The molecule has 1 aliphatic carbocycles. The van der Waals surface area contributed by atoms with Gasteiger partial charge in [0.15, 0.2) is 0 Å². The van der Waals surface area contributed by atoms with Crippen LogP contribution in [0, 0.1) is 18.8 Å². The van der Waals surface area contributed by atoms with Gasteiger partial charge in [-0.1, -0.05) is 30.3 Å². The number of rotatable bonds is 14. The van der Waals surface area contributed by atoms with Crippen LogP contribution < -0.4 is 21.3 Å². The second-order valence-corrected chi connectivity index (χ2v) is 16.7. The number of hydrogen-bond donors (Lipinski definition) is 5. The van der Waals surface area contributed by atoms with E-state index < -0.39 is 17.7 Å². The third-order valence-electron chi connectivity index (χ3n) is 9.80. The predicted octanol–water partition coefficient (Wildman–Crippen LogP) is 5.28. The average Bonchev–Trinajstić information content (AvgIpc) is 3.69. The molecule has 5 rings (SSSR count). The molecule has 0 unspecified atom stereocenters. The molecule has 1 aliphatic rings. The molecule has 14 nitrogen and oxygen atoms in total. The third-order valence-corrected chi connectivity index (χ3v) is 9.80. The van der Waals surface area contributed by atoms with Crippen LogP contribution in [0.15, 0.2) is 66.7 Å². The fourth-order valence-corrected chi connectivity index (χ4v) is 6.68. The van der Waals surface area contributed by atoms with Crippen molar-refractivity contribution in [2.24, 2.45) is 11.8 Å². The Bertz CT molecular complexity index is 1940. The third kappa shape index (κ3) is 12.4. The maximum absolute atomic E-state index is 13.8. The summed E-state index contributed by atoms with van der Waals surface area (Å²) in [7, 11) is 6.27. The molecule has 0 aliphatic heterocycles. The molecule has 1 fully saturated rings. The molecule has 5 N–H and O–H groups in total. The number of likely N-dealkylation sites (N-methyl/N-ethyl adjacent to an activating group) is 1. The lowest BCUT2D eigenvalue weighted by Gasteiger charge is -2.29. The lowest BCUT2D eigenvalue weighted by atomic mass is 9.81. The molecule has 1 saturated carbocycles. The minimum absolute atomic E-state index is 0.0963. The van der Waals surface area contributed by atoms with Gasteiger partial charge in [0, 0.05) is 35.7 Å². The van der Waals surface area contributed by atoms with E-state index in [0.29, 0.717) is 43.0 Å². The average molecular weight is 767 g/mol. The molecule has 0 spiro atoms. The zero-order chi connectivity index (χ0) is 40.5. The Labute approximate surface area is 329 Å². The van der Waals surface area contributed by atoms with E-state index in [4.69, 9.17) is 4.74 Å². The van der Waals surface area contributed by atoms with E-state index >= 15 is 0 Å². The van der Waals surface area contributed by atoms with Gasteiger partial charge in [0.2, 0.25) is 17.6 Å². The van der Waals surface area contributed by atoms with Gasteiger partial charge in [-0.15, -0.1) is 10.2 Å². The van der Waals surface area contributed by atoms with Crippen molar-refractivity contribution >= 4 is 29.5 Å². The van der Waals surface area contributed by atoms with Crippen LogP contribution in [0.3, 0.4) is 0 Å². The van der Waals surface area contributed by atoms with Crippen LogP contribution >= 0.6 is 0 Å². The highest BCUT2D eigenvalue weighted by Gasteiger charge is 2.30. The minimum atomic E-state index is -0.839. The molecular weight excluding hydrogens is 711 g/mol. The van der Waals surface area contributed by atoms with Crippen LogP contribution in [0.1, 0.15) is 67.9 Å². The van der Waals surface area contributed by atoms with Gasteiger partial charge in [0.1, 0.15) is 11.6 Å². The summed E-state index contributed by atoms with van der Waals surface area (Å²) in [6.45, 7) is 9.38. The summed E-state index contributed by atoms with van der Waals surface area (Å²) in [6, 6.07) is 19.9. The Morgan fingerprint density at radius 2 is 1.57 bits per heavy atom. The quantitative estimate of drug-likeness (QED) is 0.108. The van der Waals surface area contributed by atoms with E-state index in [9.17, 15) is 19.2 Å². The largest absolute Gasteiger partial charge is 0.444 e. The van der Waals surface area contributed by atoms with Crippen molar-refractivity contribution in [3.63, 3.8) is 0 Å². The first-order valence-electron chi connectivity index (χ1n) is 19.2. The Morgan fingerprint density at radius 1 is 0.893 bits per heavy atom. The van der Waals surface area contributed by atoms with Crippen molar-refractivity contribution in [1.29, 1.82) is 0 Å². The van der Waals surface area contributed by atoms with Crippen molar-refractivity contribution in [1.82, 2.24) is 36.6 Å². The number of tetrazole rings is 1. The molecule has 56 heavy (non-hydrogen) atoms. The summed E-state index contributed by atoms with van der Waals surface area (Å²) in [5.41, 5.74) is 5.19. The zero-order valence-corrected chi connectivity index (χ0v) is 33.6. The number of quaternary nitrogens is 1. The van der Waals surface area contributed by atoms with Crippen molar-refractivity contribution in [2.75, 3.05) is 46.1 Å². The summed E-state index contributed by atoms with van der Waals surface area (Å²) in [5, 5.41) is 25.9. The fraction of sp³-hybridized carbons (Fsp3) is 0.452. The topological polar surface area (TPSA) is 180 Å². The van der Waals surface area contributed by atoms with Gasteiger partial charge in [-0.3, -0.25) is 14.4 Å². The van der Waals surface area contributed by atoms with Gasteiger partial charge >= 0.3 is 6.09 Å². The molecule has 0 saturated heterocycles. The number of alkyl carbamates (subject to hydrolysis) is 1. The molecular formula is C42H56N9O5+. The number of aromatic amines is 1. The molecule has 1 heterocycles. The van der Waals surface area contributed by atoms with Crippen LogP contribution in [-0.2, 0) is 20.7 Å². The zero-order valence-electron chi connectivity index (χ0n) is 33.6. The summed E-state index contributed by atoms with van der Waals surface area (Å²) < 4.78 is 6.12. The first-order valence-corrected chi connectivity index (χ1v) is 19.2. The number of nitrogens with one attached hydrogen (secondary N) is 5. The van der Waals surface area contributed by atoms with Gasteiger partial charge in [-0.05, 0) is 123 Å². The number of aromatic nitrogens is 4. The minimum Gasteiger partial charge on any atom is -0.444 e. The maximum Gasteiger partial charge on any atom is 0.407 e. The van der Waals surface area contributed by atoms with Crippen molar-refractivity contribution in [2.45, 2.75) is 71.4 Å². The lowest BCUT2D eigenvalue weighted by molar-refractivity contribution is -0.869. The summed E-state index contributed by atoms with van der Waals surface area (Å²) in [5.74, 6) is -0.156. The molecule has 4 aromatic rings. The number of carbonyl (C=O) groups excluding carboxylic acids is 4. The smallest absolute Gasteiger partial charge is 0.407 e. The second-order valence-electron chi connectivity index (χ2n) is 16.7. The first-order chi connectivity index (χ1) is 26.5. The van der Waals surface area contributed by atoms with Gasteiger partial charge in [-0.2, -0.15) is 5.21 Å². The Morgan fingerprint density at radius 3 is 2.18 bits per heavy atom. The number of nitrogens with zero attached hydrogens (tertiary/aromatic N) is 4. The van der Waals surface area contributed by atoms with Gasteiger partial charge in [0.05, 0.1) is 34.2 Å². The van der Waals surface area contributed by atoms with Crippen LogP contribution in [0.5, 0.6) is 0 Å². The van der Waals surface area contributed by atoms with E-state index in [2.05, 4.69) is 63.0 Å². The molecule has 1 aromatic heterocycles. The normalized spacial score (nSPS) is 16.3. The van der Waals surface area contributed by atoms with E-state index in [-0.39, 0.29) is 36.0 Å². The summed E-state index contributed by atoms with van der Waals surface area (Å²) >= 11 is 0. The summed E-state index contributed by atoms with van der Waals surface area (Å²) in [4.78, 5) is 52.4. The van der Waals surface area contributed by atoms with Crippen LogP contribution in [-0.4, -0.2) is 101 Å². The standard InChI is InChI=1S/C42H55N9O5/c1-27-24-33(38(52)43-22-23-51(5,6)7)18-21-35(27)30-12-8-28(9-13-30)25-36(40(54)45-34-19-16-31(17-20-34)37-47-49-50-48-37)46-39(53)32-14-10-29(11-15-32)26-44-41(55)56-42(2,3)4/h8-9,12-13,16-21,24,29,32,36H,10-11,14-15,22-23,25-26H2,1-7H3,(H4-,43,44,45,46,47,48,49,50,52,53,54,55)/p+1/t29-,32-,36-/m0/s1. The number of amides is 4. The molecule has 4 amide bonds. The van der Waals surface area contributed by atoms with Crippen LogP contribution in [0.25, 0.3) is 22.5 Å². The van der Waals surface area contributed by atoms with Gasteiger partial charge in [0.25, 0.3) is 5.91 Å². The van der Waals surface area contributed by atoms with Crippen molar-refractivity contribution in [3.8, 4) is 22.5 Å². The Balaban J connectivity index is 1.24. The fourth-order valence-electron chi connectivity index (χ4n) is 6.68. The molecule has 298 valence electrons. The Kier molecular flexibility index (Phi) is 13.6. The highest BCUT2D eigenvalue weighted by atomic mass is 16.6. The number of ether oxygens (including phenoxy) is 1. The molecule has 14 heteroatoms. The van der Waals surface area contributed by atoms with E-state index in [1.54, 1.807) is 24.3 Å². The van der Waals surface area contributed by atoms with Gasteiger partial charge in [-0.25, -0.2) is 4.79 Å². The second kappa shape index (κ2) is 18.3. The number of H-pyrrole nitrogens is 1. The van der Waals surface area contributed by atoms with Gasteiger partial charge < -0.3 is 30.5 Å². The maximum atomic E-state index is 13.8. The van der Waals surface area contributed by atoms with E-state index in [1.165, 1.54) is 0 Å². The first kappa shape index (κ1) is 41.5.